The van der Waals surface area contributed by atoms with Gasteiger partial charge in [0, 0.05) is 37.0 Å². The van der Waals surface area contributed by atoms with Gasteiger partial charge in [-0.3, -0.25) is 0 Å². The number of aromatic hydroxyl groups is 1. The molecule has 2 aliphatic rings. The highest BCUT2D eigenvalue weighted by molar-refractivity contribution is 5.92. The Morgan fingerprint density at radius 1 is 1.18 bits per heavy atom. The molecule has 172 valence electrons. The normalized spacial score (nSPS) is 21.4. The van der Waals surface area contributed by atoms with Gasteiger partial charge in [-0.15, -0.1) is 0 Å². The van der Waals surface area contributed by atoms with E-state index >= 15 is 0 Å². The summed E-state index contributed by atoms with van der Waals surface area (Å²) in [4.78, 5) is 23.4. The zero-order valence-electron chi connectivity index (χ0n) is 18.6. The van der Waals surface area contributed by atoms with Crippen LogP contribution in [0.15, 0.2) is 42.5 Å². The molecule has 0 aliphatic carbocycles. The van der Waals surface area contributed by atoms with Gasteiger partial charge in [-0.25, -0.2) is 14.8 Å². The smallest absolute Gasteiger partial charge is 0.404 e. The molecule has 1 amide bonds. The molecule has 3 aromatic rings. The van der Waals surface area contributed by atoms with Crippen LogP contribution in [-0.4, -0.2) is 58.6 Å². The Hall–Kier alpha value is -3.39. The molecule has 0 bridgehead atoms. The number of carboxylic acid groups (broad SMARTS) is 1. The van der Waals surface area contributed by atoms with Gasteiger partial charge in [0.05, 0.1) is 17.7 Å². The second-order valence-electron chi connectivity index (χ2n) is 9.00. The Labute approximate surface area is 192 Å². The van der Waals surface area contributed by atoms with Crippen molar-refractivity contribution in [2.45, 2.75) is 25.8 Å². The first-order valence-corrected chi connectivity index (χ1v) is 11.4. The number of nitrogens with zero attached hydrogens (tertiary/aromatic N) is 3. The van der Waals surface area contributed by atoms with E-state index in [1.54, 1.807) is 12.1 Å². The van der Waals surface area contributed by atoms with Gasteiger partial charge >= 0.3 is 6.09 Å². The van der Waals surface area contributed by atoms with Gasteiger partial charge in [0.25, 0.3) is 0 Å². The van der Waals surface area contributed by atoms with Crippen LogP contribution in [0.2, 0.25) is 0 Å². The Kier molecular flexibility index (Phi) is 5.76. The first-order chi connectivity index (χ1) is 16.0. The maximum atomic E-state index is 11.5. The van der Waals surface area contributed by atoms with Crippen molar-refractivity contribution in [3.05, 3.63) is 48.0 Å². The lowest BCUT2D eigenvalue weighted by molar-refractivity contribution is 0.154. The number of rotatable bonds is 5. The molecule has 8 nitrogen and oxygen atoms in total. The monoisotopic (exact) mass is 448 g/mol. The summed E-state index contributed by atoms with van der Waals surface area (Å²) in [6.07, 6.45) is 0.745. The number of phenols is 1. The zero-order valence-corrected chi connectivity index (χ0v) is 18.6. The Morgan fingerprint density at radius 2 is 2.03 bits per heavy atom. The van der Waals surface area contributed by atoms with E-state index in [4.69, 9.17) is 14.7 Å². The largest absolute Gasteiger partial charge is 0.507 e. The Bertz CT molecular complexity index is 1180. The number of anilines is 1. The number of benzene rings is 2. The molecule has 33 heavy (non-hydrogen) atoms. The van der Waals surface area contributed by atoms with Crippen molar-refractivity contribution in [1.29, 1.82) is 0 Å². The summed E-state index contributed by atoms with van der Waals surface area (Å²) >= 11 is 0. The van der Waals surface area contributed by atoms with Crippen molar-refractivity contribution in [3.8, 4) is 17.1 Å². The highest BCUT2D eigenvalue weighted by Gasteiger charge is 2.38. The van der Waals surface area contributed by atoms with Gasteiger partial charge < -0.3 is 25.2 Å². The van der Waals surface area contributed by atoms with Gasteiger partial charge in [0.2, 0.25) is 0 Å². The predicted molar refractivity (Wildman–Crippen MR) is 126 cm³/mol. The van der Waals surface area contributed by atoms with Crippen LogP contribution >= 0.6 is 0 Å². The number of fused-ring (bicyclic) bond motifs is 1. The minimum atomic E-state index is -0.991. The van der Waals surface area contributed by atoms with Crippen molar-refractivity contribution in [1.82, 2.24) is 15.3 Å². The lowest BCUT2D eigenvalue weighted by Gasteiger charge is -2.28. The van der Waals surface area contributed by atoms with Gasteiger partial charge in [0.1, 0.15) is 11.6 Å². The molecule has 1 aromatic heterocycles. The van der Waals surface area contributed by atoms with E-state index in [9.17, 15) is 15.0 Å². The summed E-state index contributed by atoms with van der Waals surface area (Å²) in [7, 11) is 0. The van der Waals surface area contributed by atoms with E-state index in [0.717, 1.165) is 41.7 Å². The van der Waals surface area contributed by atoms with Crippen molar-refractivity contribution in [2.24, 2.45) is 11.8 Å². The molecule has 2 saturated heterocycles. The molecule has 0 saturated carbocycles. The average Bonchev–Trinajstić information content (AvgIpc) is 3.49. The van der Waals surface area contributed by atoms with E-state index < -0.39 is 6.09 Å². The quantitative estimate of drug-likeness (QED) is 0.545. The van der Waals surface area contributed by atoms with Gasteiger partial charge in [-0.05, 0) is 55.5 Å². The van der Waals surface area contributed by atoms with Gasteiger partial charge in [-0.1, -0.05) is 18.2 Å². The molecule has 8 heteroatoms. The highest BCUT2D eigenvalue weighted by Crippen LogP contribution is 2.36. The van der Waals surface area contributed by atoms with Crippen LogP contribution in [0.25, 0.3) is 22.3 Å². The highest BCUT2D eigenvalue weighted by atomic mass is 16.5. The SMILES string of the molecule is Cc1ccc2c(N3CC[C@H]([C@H](NC(=O)O)C4CCOC4)C3)nc(-c3ccccc3O)nc2c1. The van der Waals surface area contributed by atoms with Gasteiger partial charge in [-0.2, -0.15) is 0 Å². The van der Waals surface area contributed by atoms with E-state index in [2.05, 4.69) is 10.2 Å². The van der Waals surface area contributed by atoms with Crippen LogP contribution in [-0.2, 0) is 4.74 Å². The van der Waals surface area contributed by atoms with Crippen LogP contribution in [0.5, 0.6) is 5.75 Å². The summed E-state index contributed by atoms with van der Waals surface area (Å²) in [5.41, 5.74) is 2.51. The molecule has 2 fully saturated rings. The summed E-state index contributed by atoms with van der Waals surface area (Å²) < 4.78 is 5.54. The maximum absolute atomic E-state index is 11.5. The third kappa shape index (κ3) is 4.30. The van der Waals surface area contributed by atoms with Crippen molar-refractivity contribution in [3.63, 3.8) is 0 Å². The number of hydrogen-bond acceptors (Lipinski definition) is 6. The average molecular weight is 449 g/mol. The fraction of sp³-hybridized carbons (Fsp3) is 0.400. The number of amides is 1. The summed E-state index contributed by atoms with van der Waals surface area (Å²) in [6, 6.07) is 13.1. The lowest BCUT2D eigenvalue weighted by Crippen LogP contribution is -2.46. The number of para-hydroxylation sites is 1. The third-order valence-electron chi connectivity index (χ3n) is 6.77. The predicted octanol–water partition coefficient (Wildman–Crippen LogP) is 3.81. The van der Waals surface area contributed by atoms with Gasteiger partial charge in [0.15, 0.2) is 5.82 Å². The van der Waals surface area contributed by atoms with Crippen LogP contribution in [0.1, 0.15) is 18.4 Å². The number of phenolic OH excluding ortho intramolecular Hbond substituents is 1. The summed E-state index contributed by atoms with van der Waals surface area (Å²) in [5, 5.41) is 23.6. The van der Waals surface area contributed by atoms with E-state index in [1.165, 1.54) is 0 Å². The number of nitrogens with one attached hydrogen (secondary N) is 1. The standard InChI is InChI=1S/C25H28N4O4/c1-15-6-7-18-20(12-15)26-23(19-4-2-3-5-21(19)30)28-24(18)29-10-8-16(13-29)22(27-25(31)32)17-9-11-33-14-17/h2-7,12,16-17,22,27,30H,8-11,13-14H2,1H3,(H,31,32)/t16-,17?,22-/m0/s1. The molecule has 5 rings (SSSR count). The third-order valence-corrected chi connectivity index (χ3v) is 6.77. The molecule has 2 aliphatic heterocycles. The van der Waals surface area contributed by atoms with Crippen molar-refractivity contribution >= 4 is 22.8 Å². The molecular formula is C25H28N4O4. The van der Waals surface area contributed by atoms with E-state index in [-0.39, 0.29) is 23.6 Å². The van der Waals surface area contributed by atoms with Crippen LogP contribution in [0.4, 0.5) is 10.6 Å². The number of aryl methyl sites for hydroxylation is 1. The molecule has 3 atom stereocenters. The second-order valence-corrected chi connectivity index (χ2v) is 9.00. The molecule has 3 heterocycles. The number of aromatic nitrogens is 2. The number of carbonyl (C=O) groups is 1. The van der Waals surface area contributed by atoms with Crippen molar-refractivity contribution < 1.29 is 19.7 Å². The molecular weight excluding hydrogens is 420 g/mol. The lowest BCUT2D eigenvalue weighted by atomic mass is 9.87. The summed E-state index contributed by atoms with van der Waals surface area (Å²) in [5.74, 6) is 1.79. The number of ether oxygens (including phenoxy) is 1. The van der Waals surface area contributed by atoms with E-state index in [0.29, 0.717) is 31.1 Å². The van der Waals surface area contributed by atoms with E-state index in [1.807, 2.05) is 37.3 Å². The summed E-state index contributed by atoms with van der Waals surface area (Å²) in [6.45, 7) is 4.77. The van der Waals surface area contributed by atoms with Crippen LogP contribution in [0, 0.1) is 18.8 Å². The van der Waals surface area contributed by atoms with Crippen LogP contribution < -0.4 is 10.2 Å². The number of hydrogen-bond donors (Lipinski definition) is 3. The molecule has 3 N–H and O–H groups in total. The fourth-order valence-corrected chi connectivity index (χ4v) is 5.12. The van der Waals surface area contributed by atoms with Crippen LogP contribution in [0.3, 0.4) is 0 Å². The molecule has 0 spiro atoms. The fourth-order valence-electron chi connectivity index (χ4n) is 5.12. The first kappa shape index (κ1) is 21.5. The maximum Gasteiger partial charge on any atom is 0.404 e. The topological polar surface area (TPSA) is 108 Å². The molecule has 2 aromatic carbocycles. The van der Waals surface area contributed by atoms with Crippen molar-refractivity contribution in [2.75, 3.05) is 31.2 Å². The Morgan fingerprint density at radius 3 is 2.79 bits per heavy atom. The molecule has 0 radical (unpaired) electrons. The minimum absolute atomic E-state index is 0.140. The first-order valence-electron chi connectivity index (χ1n) is 11.4. The second kappa shape index (κ2) is 8.86. The Balaban J connectivity index is 1.51. The molecule has 1 unspecified atom stereocenters. The zero-order chi connectivity index (χ0) is 22.9. The minimum Gasteiger partial charge on any atom is -0.507 e.